The summed E-state index contributed by atoms with van der Waals surface area (Å²) in [7, 11) is 1.90. The van der Waals surface area contributed by atoms with Gasteiger partial charge in [0.05, 0.1) is 17.2 Å². The third kappa shape index (κ3) is 4.38. The Morgan fingerprint density at radius 3 is 2.61 bits per heavy atom. The summed E-state index contributed by atoms with van der Waals surface area (Å²) in [5, 5.41) is 4.70. The molecule has 0 bridgehead atoms. The monoisotopic (exact) mass is 448 g/mol. The third-order valence-corrected chi connectivity index (χ3v) is 6.34. The standard InChI is InChI=1S/C17H28N4S.HI/c1-13-15(22-14(2)20-13)11-19-16(18-3)21-10-9-17(12-21)7-5-4-6-8-17;/h4-12H2,1-3H3,(H,18,19);1H. The van der Waals surface area contributed by atoms with Crippen LogP contribution in [-0.2, 0) is 6.54 Å². The number of aryl methyl sites for hydroxylation is 2. The van der Waals surface area contributed by atoms with Gasteiger partial charge in [0.2, 0.25) is 0 Å². The number of aliphatic imine (C=N–C) groups is 1. The zero-order valence-corrected chi connectivity index (χ0v) is 17.7. The number of aromatic nitrogens is 1. The van der Waals surface area contributed by atoms with E-state index in [1.165, 1.54) is 49.9 Å². The summed E-state index contributed by atoms with van der Waals surface area (Å²) < 4.78 is 0. The van der Waals surface area contributed by atoms with Crippen molar-refractivity contribution in [2.75, 3.05) is 20.1 Å². The number of guanidine groups is 1. The number of hydrogen-bond acceptors (Lipinski definition) is 3. The highest BCUT2D eigenvalue weighted by atomic mass is 127. The molecule has 130 valence electrons. The fourth-order valence-electron chi connectivity index (χ4n) is 4.05. The van der Waals surface area contributed by atoms with Crippen molar-refractivity contribution < 1.29 is 0 Å². The van der Waals surface area contributed by atoms with Gasteiger partial charge in [-0.15, -0.1) is 35.3 Å². The number of nitrogens with one attached hydrogen (secondary N) is 1. The molecule has 1 aliphatic carbocycles. The quantitative estimate of drug-likeness (QED) is 0.421. The van der Waals surface area contributed by atoms with E-state index in [0.29, 0.717) is 5.41 Å². The molecule has 1 N–H and O–H groups in total. The van der Waals surface area contributed by atoms with Crippen LogP contribution in [0.1, 0.15) is 54.1 Å². The van der Waals surface area contributed by atoms with E-state index in [9.17, 15) is 0 Å². The van der Waals surface area contributed by atoms with Gasteiger partial charge >= 0.3 is 0 Å². The van der Waals surface area contributed by atoms with E-state index in [1.54, 1.807) is 11.3 Å². The maximum atomic E-state index is 4.52. The Balaban J connectivity index is 0.00000192. The van der Waals surface area contributed by atoms with E-state index in [2.05, 4.69) is 34.0 Å². The second-order valence-electron chi connectivity index (χ2n) is 6.87. The van der Waals surface area contributed by atoms with Gasteiger partial charge < -0.3 is 10.2 Å². The molecule has 1 saturated heterocycles. The predicted octanol–water partition coefficient (Wildman–Crippen LogP) is 4.11. The SMILES string of the molecule is CN=C(NCc1sc(C)nc1C)N1CCC2(CCCCC2)C1.I. The largest absolute Gasteiger partial charge is 0.351 e. The summed E-state index contributed by atoms with van der Waals surface area (Å²) in [5.74, 6) is 1.06. The maximum Gasteiger partial charge on any atom is 0.193 e. The topological polar surface area (TPSA) is 40.5 Å². The van der Waals surface area contributed by atoms with Crippen molar-refractivity contribution >= 4 is 41.3 Å². The van der Waals surface area contributed by atoms with Gasteiger partial charge in [0.1, 0.15) is 0 Å². The smallest absolute Gasteiger partial charge is 0.193 e. The number of nitrogens with zero attached hydrogens (tertiary/aromatic N) is 3. The van der Waals surface area contributed by atoms with Gasteiger partial charge in [0.25, 0.3) is 0 Å². The van der Waals surface area contributed by atoms with Gasteiger partial charge in [-0.1, -0.05) is 19.3 Å². The molecule has 1 spiro atoms. The molecule has 3 rings (SSSR count). The highest BCUT2D eigenvalue weighted by molar-refractivity contribution is 14.0. The molecule has 1 aromatic heterocycles. The first-order valence-electron chi connectivity index (χ1n) is 8.50. The highest BCUT2D eigenvalue weighted by Gasteiger charge is 2.39. The summed E-state index contributed by atoms with van der Waals surface area (Å²) in [6.45, 7) is 7.35. The van der Waals surface area contributed by atoms with Crippen LogP contribution in [0.5, 0.6) is 0 Å². The zero-order valence-electron chi connectivity index (χ0n) is 14.5. The van der Waals surface area contributed by atoms with E-state index < -0.39 is 0 Å². The zero-order chi connectivity index (χ0) is 15.6. The Kier molecular flexibility index (Phi) is 6.71. The lowest BCUT2D eigenvalue weighted by Crippen LogP contribution is -2.41. The normalized spacial score (nSPS) is 20.7. The van der Waals surface area contributed by atoms with Crippen molar-refractivity contribution in [3.63, 3.8) is 0 Å². The molecule has 1 aromatic rings. The van der Waals surface area contributed by atoms with Crippen LogP contribution >= 0.6 is 35.3 Å². The Hall–Kier alpha value is -0.370. The summed E-state index contributed by atoms with van der Waals surface area (Å²) in [4.78, 5) is 12.8. The van der Waals surface area contributed by atoms with Gasteiger partial charge in [-0.2, -0.15) is 0 Å². The summed E-state index contributed by atoms with van der Waals surface area (Å²) >= 11 is 1.78. The Morgan fingerprint density at radius 2 is 2.00 bits per heavy atom. The predicted molar refractivity (Wildman–Crippen MR) is 109 cm³/mol. The Labute approximate surface area is 161 Å². The highest BCUT2D eigenvalue weighted by Crippen LogP contribution is 2.43. The first kappa shape index (κ1) is 19.0. The molecule has 1 aliphatic heterocycles. The average molecular weight is 448 g/mol. The molecule has 4 nitrogen and oxygen atoms in total. The van der Waals surface area contributed by atoms with Crippen LogP contribution < -0.4 is 5.32 Å². The van der Waals surface area contributed by atoms with Gasteiger partial charge in [-0.05, 0) is 38.5 Å². The molecular weight excluding hydrogens is 419 g/mol. The molecule has 2 aliphatic rings. The fraction of sp³-hybridized carbons (Fsp3) is 0.765. The molecule has 0 atom stereocenters. The lowest BCUT2D eigenvalue weighted by Gasteiger charge is -2.33. The van der Waals surface area contributed by atoms with E-state index >= 15 is 0 Å². The number of halogens is 1. The molecule has 0 unspecified atom stereocenters. The summed E-state index contributed by atoms with van der Waals surface area (Å²) in [6.07, 6.45) is 8.42. The maximum absolute atomic E-state index is 4.52. The first-order chi connectivity index (χ1) is 10.6. The molecule has 2 fully saturated rings. The van der Waals surface area contributed by atoms with E-state index in [4.69, 9.17) is 0 Å². The fourth-order valence-corrected chi connectivity index (χ4v) is 4.93. The first-order valence-corrected chi connectivity index (χ1v) is 9.32. The average Bonchev–Trinajstić information content (AvgIpc) is 3.05. The van der Waals surface area contributed by atoms with Crippen molar-refractivity contribution in [2.45, 2.75) is 58.9 Å². The van der Waals surface area contributed by atoms with Crippen molar-refractivity contribution in [3.05, 3.63) is 15.6 Å². The summed E-state index contributed by atoms with van der Waals surface area (Å²) in [5.41, 5.74) is 1.72. The molecule has 6 heteroatoms. The van der Waals surface area contributed by atoms with E-state index in [-0.39, 0.29) is 24.0 Å². The molecule has 23 heavy (non-hydrogen) atoms. The van der Waals surface area contributed by atoms with Crippen LogP contribution in [0.15, 0.2) is 4.99 Å². The van der Waals surface area contributed by atoms with Crippen LogP contribution in [0, 0.1) is 19.3 Å². The number of thiazole rings is 1. The van der Waals surface area contributed by atoms with Crippen LogP contribution in [0.3, 0.4) is 0 Å². The molecule has 1 saturated carbocycles. The molecule has 0 aromatic carbocycles. The van der Waals surface area contributed by atoms with Gasteiger partial charge in [-0.25, -0.2) is 4.98 Å². The van der Waals surface area contributed by atoms with Crippen LogP contribution in [0.25, 0.3) is 0 Å². The van der Waals surface area contributed by atoms with Crippen LogP contribution in [-0.4, -0.2) is 36.0 Å². The molecular formula is C17H29IN4S. The van der Waals surface area contributed by atoms with Crippen molar-refractivity contribution in [2.24, 2.45) is 10.4 Å². The number of likely N-dealkylation sites (tertiary alicyclic amines) is 1. The van der Waals surface area contributed by atoms with Crippen molar-refractivity contribution in [3.8, 4) is 0 Å². The van der Waals surface area contributed by atoms with Crippen molar-refractivity contribution in [1.82, 2.24) is 15.2 Å². The van der Waals surface area contributed by atoms with E-state index in [0.717, 1.165) is 29.8 Å². The minimum absolute atomic E-state index is 0. The second-order valence-corrected chi connectivity index (χ2v) is 8.16. The summed E-state index contributed by atoms with van der Waals surface area (Å²) in [6, 6.07) is 0. The molecule has 0 radical (unpaired) electrons. The minimum Gasteiger partial charge on any atom is -0.351 e. The van der Waals surface area contributed by atoms with Crippen molar-refractivity contribution in [1.29, 1.82) is 0 Å². The molecule has 2 heterocycles. The Bertz CT molecular complexity index is 549. The van der Waals surface area contributed by atoms with Gasteiger partial charge in [0, 0.05) is 25.0 Å². The third-order valence-electron chi connectivity index (χ3n) is 5.27. The van der Waals surface area contributed by atoms with Gasteiger partial charge in [-0.3, -0.25) is 4.99 Å². The Morgan fingerprint density at radius 1 is 1.26 bits per heavy atom. The van der Waals surface area contributed by atoms with Crippen LogP contribution in [0.4, 0.5) is 0 Å². The van der Waals surface area contributed by atoms with E-state index in [1.807, 2.05) is 7.05 Å². The van der Waals surface area contributed by atoms with Crippen LogP contribution in [0.2, 0.25) is 0 Å². The number of hydrogen-bond donors (Lipinski definition) is 1. The number of rotatable bonds is 2. The molecule has 0 amide bonds. The van der Waals surface area contributed by atoms with Gasteiger partial charge in [0.15, 0.2) is 5.96 Å². The minimum atomic E-state index is 0. The lowest BCUT2D eigenvalue weighted by molar-refractivity contribution is 0.203. The second kappa shape index (κ2) is 8.14. The lowest BCUT2D eigenvalue weighted by atomic mass is 9.73.